The van der Waals surface area contributed by atoms with Crippen molar-refractivity contribution in [1.82, 2.24) is 0 Å². The summed E-state index contributed by atoms with van der Waals surface area (Å²) in [6.07, 6.45) is 3.80. The fourth-order valence-corrected chi connectivity index (χ4v) is 5.56. The minimum Gasteiger partial charge on any atom is -0.508 e. The van der Waals surface area contributed by atoms with Gasteiger partial charge in [-0.3, -0.25) is 0 Å². The topological polar surface area (TPSA) is 60.7 Å². The lowest BCUT2D eigenvalue weighted by Crippen LogP contribution is -2.44. The largest absolute Gasteiger partial charge is 0.508 e. The normalized spacial score (nSPS) is 44.8. The third-order valence-corrected chi connectivity index (χ3v) is 6.68. The Kier molecular flexibility index (Phi) is 2.89. The van der Waals surface area contributed by atoms with E-state index in [0.29, 0.717) is 23.5 Å². The van der Waals surface area contributed by atoms with Crippen molar-refractivity contribution >= 4 is 0 Å². The summed E-state index contributed by atoms with van der Waals surface area (Å²) in [7, 11) is 0. The number of benzene rings is 1. The van der Waals surface area contributed by atoms with Crippen LogP contribution in [0.2, 0.25) is 0 Å². The van der Waals surface area contributed by atoms with Crippen LogP contribution in [0, 0.1) is 17.3 Å². The van der Waals surface area contributed by atoms with Crippen molar-refractivity contribution in [2.45, 2.75) is 57.2 Å². The van der Waals surface area contributed by atoms with Crippen LogP contribution in [0.4, 0.5) is 0 Å². The number of rotatable bonds is 0. The van der Waals surface area contributed by atoms with E-state index < -0.39 is 12.2 Å². The predicted octanol–water partition coefficient (Wildman–Crippen LogP) is 2.58. The molecule has 0 radical (unpaired) electrons. The molecule has 3 aliphatic rings. The highest BCUT2D eigenvalue weighted by Crippen LogP contribution is 2.60. The van der Waals surface area contributed by atoms with E-state index in [-0.39, 0.29) is 5.41 Å². The standard InChI is InChI=1S/C18H24O3/c1-18-7-6-13-12-5-3-11(19)8-10(12)2-4-14(13)15(18)9-16(20)17(18)21/h3,5,8,13-17,19-21H,2,4,6-7,9H2,1H3/t13-,14-,15+,16+,17-,18+/m1/s1. The maximum Gasteiger partial charge on any atom is 0.115 e. The van der Waals surface area contributed by atoms with Crippen molar-refractivity contribution in [3.63, 3.8) is 0 Å². The van der Waals surface area contributed by atoms with Gasteiger partial charge in [-0.1, -0.05) is 13.0 Å². The van der Waals surface area contributed by atoms with Crippen LogP contribution in [0.5, 0.6) is 5.75 Å². The van der Waals surface area contributed by atoms with Crippen molar-refractivity contribution in [3.05, 3.63) is 29.3 Å². The molecular weight excluding hydrogens is 264 g/mol. The average Bonchev–Trinajstić information content (AvgIpc) is 2.70. The molecule has 114 valence electrons. The molecule has 2 saturated carbocycles. The third-order valence-electron chi connectivity index (χ3n) is 6.68. The molecule has 2 fully saturated rings. The zero-order valence-corrected chi connectivity index (χ0v) is 12.5. The highest BCUT2D eigenvalue weighted by molar-refractivity contribution is 5.40. The molecule has 0 spiro atoms. The lowest BCUT2D eigenvalue weighted by atomic mass is 9.55. The molecule has 0 heterocycles. The summed E-state index contributed by atoms with van der Waals surface area (Å²) in [5.74, 6) is 1.88. The Hall–Kier alpha value is -1.06. The lowest BCUT2D eigenvalue weighted by Gasteiger charge is -2.49. The van der Waals surface area contributed by atoms with Gasteiger partial charge >= 0.3 is 0 Å². The number of phenols is 1. The molecule has 0 unspecified atom stereocenters. The fraction of sp³-hybridized carbons (Fsp3) is 0.667. The van der Waals surface area contributed by atoms with Gasteiger partial charge in [-0.2, -0.15) is 0 Å². The molecule has 3 nitrogen and oxygen atoms in total. The minimum absolute atomic E-state index is 0.116. The van der Waals surface area contributed by atoms with Gasteiger partial charge in [-0.25, -0.2) is 0 Å². The fourth-order valence-electron chi connectivity index (χ4n) is 5.56. The Bertz CT molecular complexity index is 570. The molecule has 3 aliphatic carbocycles. The van der Waals surface area contributed by atoms with Gasteiger partial charge in [0, 0.05) is 0 Å². The van der Waals surface area contributed by atoms with Crippen molar-refractivity contribution in [2.24, 2.45) is 17.3 Å². The zero-order valence-electron chi connectivity index (χ0n) is 12.5. The summed E-state index contributed by atoms with van der Waals surface area (Å²) in [6, 6.07) is 5.80. The van der Waals surface area contributed by atoms with Gasteiger partial charge < -0.3 is 15.3 Å². The molecule has 3 heteroatoms. The Labute approximate surface area is 125 Å². The molecule has 0 amide bonds. The second-order valence-electron chi connectivity index (χ2n) is 7.59. The summed E-state index contributed by atoms with van der Waals surface area (Å²) in [6.45, 7) is 2.17. The molecule has 21 heavy (non-hydrogen) atoms. The monoisotopic (exact) mass is 288 g/mol. The Morgan fingerprint density at radius 2 is 2.00 bits per heavy atom. The summed E-state index contributed by atoms with van der Waals surface area (Å²) in [4.78, 5) is 0. The predicted molar refractivity (Wildman–Crippen MR) is 80.1 cm³/mol. The average molecular weight is 288 g/mol. The van der Waals surface area contributed by atoms with Crippen LogP contribution >= 0.6 is 0 Å². The van der Waals surface area contributed by atoms with Crippen LogP contribution in [-0.4, -0.2) is 27.5 Å². The first-order chi connectivity index (χ1) is 10.0. The summed E-state index contributed by atoms with van der Waals surface area (Å²) >= 11 is 0. The molecule has 0 saturated heterocycles. The summed E-state index contributed by atoms with van der Waals surface area (Å²) in [5.41, 5.74) is 2.57. The van der Waals surface area contributed by atoms with Gasteiger partial charge in [-0.05, 0) is 78.5 Å². The first kappa shape index (κ1) is 13.6. The van der Waals surface area contributed by atoms with E-state index in [1.54, 1.807) is 6.07 Å². The van der Waals surface area contributed by atoms with Crippen molar-refractivity contribution in [1.29, 1.82) is 0 Å². The number of hydrogen-bond donors (Lipinski definition) is 3. The Morgan fingerprint density at radius 1 is 1.19 bits per heavy atom. The van der Waals surface area contributed by atoms with E-state index in [4.69, 9.17) is 0 Å². The number of hydrogen-bond acceptors (Lipinski definition) is 3. The number of aliphatic hydroxyl groups is 2. The second kappa shape index (κ2) is 4.47. The van der Waals surface area contributed by atoms with E-state index in [2.05, 4.69) is 13.0 Å². The number of fused-ring (bicyclic) bond motifs is 5. The molecule has 0 aliphatic heterocycles. The molecule has 6 atom stereocenters. The quantitative estimate of drug-likeness (QED) is 0.687. The van der Waals surface area contributed by atoms with E-state index in [1.807, 2.05) is 6.07 Å². The maximum atomic E-state index is 10.4. The Balaban J connectivity index is 1.71. The Morgan fingerprint density at radius 3 is 2.81 bits per heavy atom. The van der Waals surface area contributed by atoms with E-state index >= 15 is 0 Å². The van der Waals surface area contributed by atoms with Gasteiger partial charge in [0.1, 0.15) is 5.75 Å². The molecular formula is C18H24O3. The molecule has 3 N–H and O–H groups in total. The van der Waals surface area contributed by atoms with Gasteiger partial charge in [0.2, 0.25) is 0 Å². The molecule has 4 rings (SSSR count). The SMILES string of the molecule is C[C@]12CC[C@@H]3c4ccc(O)cc4CC[C@H]3[C@@H]1C[C@H](O)[C@H]2O. The molecule has 0 bridgehead atoms. The van der Waals surface area contributed by atoms with Crippen LogP contribution in [0.15, 0.2) is 18.2 Å². The van der Waals surface area contributed by atoms with Crippen LogP contribution in [0.1, 0.15) is 49.7 Å². The lowest BCUT2D eigenvalue weighted by molar-refractivity contribution is -0.0505. The highest BCUT2D eigenvalue weighted by atomic mass is 16.3. The van der Waals surface area contributed by atoms with Crippen molar-refractivity contribution in [3.8, 4) is 5.75 Å². The highest BCUT2D eigenvalue weighted by Gasteiger charge is 2.57. The van der Waals surface area contributed by atoms with Gasteiger partial charge in [0.05, 0.1) is 12.2 Å². The zero-order chi connectivity index (χ0) is 14.8. The number of aryl methyl sites for hydroxylation is 1. The van der Waals surface area contributed by atoms with Gasteiger partial charge in [0.25, 0.3) is 0 Å². The molecule has 1 aromatic rings. The van der Waals surface area contributed by atoms with E-state index in [0.717, 1.165) is 32.1 Å². The number of aliphatic hydroxyl groups excluding tert-OH is 2. The maximum absolute atomic E-state index is 10.4. The molecule has 0 aromatic heterocycles. The van der Waals surface area contributed by atoms with Crippen LogP contribution in [-0.2, 0) is 6.42 Å². The van der Waals surface area contributed by atoms with Crippen LogP contribution < -0.4 is 0 Å². The molecule has 1 aromatic carbocycles. The first-order valence-electron chi connectivity index (χ1n) is 8.18. The first-order valence-corrected chi connectivity index (χ1v) is 8.18. The van der Waals surface area contributed by atoms with Gasteiger partial charge in [0.15, 0.2) is 0 Å². The summed E-state index contributed by atoms with van der Waals surface area (Å²) < 4.78 is 0. The minimum atomic E-state index is -0.565. The number of phenolic OH excluding ortho intramolecular Hbond substituents is 1. The number of aromatic hydroxyl groups is 1. The van der Waals surface area contributed by atoms with Gasteiger partial charge in [-0.15, -0.1) is 0 Å². The summed E-state index contributed by atoms with van der Waals surface area (Å²) in [5, 5.41) is 30.2. The third kappa shape index (κ3) is 1.80. The van der Waals surface area contributed by atoms with E-state index in [9.17, 15) is 15.3 Å². The van der Waals surface area contributed by atoms with E-state index in [1.165, 1.54) is 11.1 Å². The van der Waals surface area contributed by atoms with Crippen LogP contribution in [0.3, 0.4) is 0 Å². The smallest absolute Gasteiger partial charge is 0.115 e. The van der Waals surface area contributed by atoms with Crippen molar-refractivity contribution in [2.75, 3.05) is 0 Å². The van der Waals surface area contributed by atoms with Crippen LogP contribution in [0.25, 0.3) is 0 Å². The second-order valence-corrected chi connectivity index (χ2v) is 7.59. The van der Waals surface area contributed by atoms with Crippen molar-refractivity contribution < 1.29 is 15.3 Å².